The van der Waals surface area contributed by atoms with Gasteiger partial charge in [-0.3, -0.25) is 4.79 Å². The van der Waals surface area contributed by atoms with E-state index in [1.165, 1.54) is 0 Å². The van der Waals surface area contributed by atoms with Crippen molar-refractivity contribution in [2.45, 2.75) is 0 Å². The van der Waals surface area contributed by atoms with Crippen molar-refractivity contribution in [1.29, 1.82) is 0 Å². The number of rotatable bonds is 1. The van der Waals surface area contributed by atoms with Crippen LogP contribution >= 0.6 is 0 Å². The highest BCUT2D eigenvalue weighted by molar-refractivity contribution is 5.94. The molecule has 1 aromatic heterocycles. The lowest BCUT2D eigenvalue weighted by atomic mass is 10.2. The van der Waals surface area contributed by atoms with E-state index in [1.807, 2.05) is 35.0 Å². The Morgan fingerprint density at radius 1 is 1.20 bits per heavy atom. The summed E-state index contributed by atoms with van der Waals surface area (Å²) in [4.78, 5) is 16.2. The van der Waals surface area contributed by atoms with E-state index >= 15 is 0 Å². The Bertz CT molecular complexity index is 350. The fourth-order valence-electron chi connectivity index (χ4n) is 1.82. The largest absolute Gasteiger partial charge is 0.356 e. The highest BCUT2D eigenvalue weighted by Gasteiger charge is 2.20. The average Bonchev–Trinajstić information content (AvgIpc) is 2.65. The first kappa shape index (κ1) is 10.2. The van der Waals surface area contributed by atoms with Crippen LogP contribution in [-0.4, -0.2) is 53.5 Å². The molecule has 4 heteroatoms. The molecule has 1 saturated heterocycles. The van der Waals surface area contributed by atoms with Gasteiger partial charge in [-0.1, -0.05) is 0 Å². The minimum Gasteiger partial charge on any atom is -0.356 e. The molecule has 0 spiro atoms. The fraction of sp³-hybridized carbons (Fsp3) is 0.545. The van der Waals surface area contributed by atoms with Crippen LogP contribution in [0.15, 0.2) is 18.5 Å². The van der Waals surface area contributed by atoms with Gasteiger partial charge in [0.25, 0.3) is 5.91 Å². The zero-order chi connectivity index (χ0) is 10.8. The number of aryl methyl sites for hydroxylation is 1. The van der Waals surface area contributed by atoms with Crippen LogP contribution in [0.3, 0.4) is 0 Å². The number of piperazine rings is 1. The number of amides is 1. The van der Waals surface area contributed by atoms with Gasteiger partial charge in [0.15, 0.2) is 0 Å². The molecule has 0 atom stereocenters. The van der Waals surface area contributed by atoms with E-state index in [1.54, 1.807) is 0 Å². The minimum absolute atomic E-state index is 0.156. The van der Waals surface area contributed by atoms with Gasteiger partial charge in [-0.05, 0) is 13.1 Å². The van der Waals surface area contributed by atoms with Gasteiger partial charge < -0.3 is 14.4 Å². The van der Waals surface area contributed by atoms with Gasteiger partial charge in [-0.2, -0.15) is 0 Å². The Balaban J connectivity index is 2.02. The second kappa shape index (κ2) is 4.06. The number of hydrogen-bond acceptors (Lipinski definition) is 2. The second-order valence-corrected chi connectivity index (χ2v) is 4.16. The molecule has 0 unspecified atom stereocenters. The van der Waals surface area contributed by atoms with E-state index in [0.717, 1.165) is 31.7 Å². The molecular weight excluding hydrogens is 190 g/mol. The Morgan fingerprint density at radius 2 is 1.87 bits per heavy atom. The summed E-state index contributed by atoms with van der Waals surface area (Å²) in [5.74, 6) is 0.156. The Morgan fingerprint density at radius 3 is 2.40 bits per heavy atom. The molecule has 1 aromatic rings. The van der Waals surface area contributed by atoms with Crippen molar-refractivity contribution < 1.29 is 4.79 Å². The van der Waals surface area contributed by atoms with E-state index < -0.39 is 0 Å². The van der Waals surface area contributed by atoms with E-state index in [0.29, 0.717) is 0 Å². The van der Waals surface area contributed by atoms with Crippen LogP contribution in [0.4, 0.5) is 0 Å². The number of carbonyl (C=O) groups excluding carboxylic acids is 1. The summed E-state index contributed by atoms with van der Waals surface area (Å²) in [6, 6.07) is 1.88. The van der Waals surface area contributed by atoms with Crippen molar-refractivity contribution in [2.24, 2.45) is 7.05 Å². The van der Waals surface area contributed by atoms with E-state index in [9.17, 15) is 4.79 Å². The molecule has 0 saturated carbocycles. The van der Waals surface area contributed by atoms with Crippen molar-refractivity contribution in [3.8, 4) is 0 Å². The first-order chi connectivity index (χ1) is 7.16. The Hall–Kier alpha value is -1.29. The predicted molar refractivity (Wildman–Crippen MR) is 58.8 cm³/mol. The number of carbonyl (C=O) groups is 1. The van der Waals surface area contributed by atoms with Crippen molar-refractivity contribution in [3.63, 3.8) is 0 Å². The van der Waals surface area contributed by atoms with Crippen LogP contribution in [0.25, 0.3) is 0 Å². The summed E-state index contributed by atoms with van der Waals surface area (Å²) >= 11 is 0. The molecule has 1 amide bonds. The summed E-state index contributed by atoms with van der Waals surface area (Å²) in [7, 11) is 4.02. The standard InChI is InChI=1S/C11H17N3O/c1-12-5-7-14(8-6-12)11(15)10-3-4-13(2)9-10/h3-4,9H,5-8H2,1-2H3. The molecule has 0 aliphatic carbocycles. The molecule has 1 fully saturated rings. The molecule has 0 bridgehead atoms. The van der Waals surface area contributed by atoms with Gasteiger partial charge in [0, 0.05) is 45.6 Å². The van der Waals surface area contributed by atoms with Gasteiger partial charge >= 0.3 is 0 Å². The zero-order valence-electron chi connectivity index (χ0n) is 9.31. The van der Waals surface area contributed by atoms with Crippen molar-refractivity contribution in [3.05, 3.63) is 24.0 Å². The summed E-state index contributed by atoms with van der Waals surface area (Å²) < 4.78 is 1.91. The molecule has 0 radical (unpaired) electrons. The van der Waals surface area contributed by atoms with Gasteiger partial charge in [0.1, 0.15) is 0 Å². The highest BCUT2D eigenvalue weighted by Crippen LogP contribution is 2.07. The molecule has 0 N–H and O–H groups in total. The predicted octanol–water partition coefficient (Wildman–Crippen LogP) is 0.413. The molecule has 4 nitrogen and oxygen atoms in total. The van der Waals surface area contributed by atoms with Gasteiger partial charge in [0.2, 0.25) is 0 Å². The van der Waals surface area contributed by atoms with Gasteiger partial charge in [-0.25, -0.2) is 0 Å². The monoisotopic (exact) mass is 207 g/mol. The maximum absolute atomic E-state index is 12.0. The normalized spacial score (nSPS) is 18.1. The third kappa shape index (κ3) is 2.21. The van der Waals surface area contributed by atoms with Gasteiger partial charge in [0.05, 0.1) is 5.56 Å². The van der Waals surface area contributed by atoms with Crippen LogP contribution < -0.4 is 0 Å². The summed E-state index contributed by atoms with van der Waals surface area (Å²) in [5.41, 5.74) is 0.794. The van der Waals surface area contributed by atoms with E-state index in [4.69, 9.17) is 0 Å². The topological polar surface area (TPSA) is 28.5 Å². The molecule has 15 heavy (non-hydrogen) atoms. The van der Waals surface area contributed by atoms with Crippen molar-refractivity contribution in [1.82, 2.24) is 14.4 Å². The minimum atomic E-state index is 0.156. The maximum Gasteiger partial charge on any atom is 0.255 e. The number of aromatic nitrogens is 1. The van der Waals surface area contributed by atoms with Crippen LogP contribution in [0.5, 0.6) is 0 Å². The first-order valence-corrected chi connectivity index (χ1v) is 5.26. The third-order valence-electron chi connectivity index (χ3n) is 2.87. The lowest BCUT2D eigenvalue weighted by molar-refractivity contribution is 0.0664. The summed E-state index contributed by atoms with van der Waals surface area (Å²) in [6.45, 7) is 3.62. The third-order valence-corrected chi connectivity index (χ3v) is 2.87. The van der Waals surface area contributed by atoms with Crippen molar-refractivity contribution >= 4 is 5.91 Å². The number of hydrogen-bond donors (Lipinski definition) is 0. The molecule has 1 aliphatic rings. The highest BCUT2D eigenvalue weighted by atomic mass is 16.2. The molecule has 82 valence electrons. The average molecular weight is 207 g/mol. The van der Waals surface area contributed by atoms with Crippen molar-refractivity contribution in [2.75, 3.05) is 33.2 Å². The van der Waals surface area contributed by atoms with Crippen LogP contribution in [0.2, 0.25) is 0 Å². The molecule has 2 heterocycles. The zero-order valence-corrected chi connectivity index (χ0v) is 9.31. The quantitative estimate of drug-likeness (QED) is 0.667. The lowest BCUT2D eigenvalue weighted by Crippen LogP contribution is -2.47. The molecule has 2 rings (SSSR count). The Labute approximate surface area is 90.1 Å². The van der Waals surface area contributed by atoms with E-state index in [-0.39, 0.29) is 5.91 Å². The molecule has 0 aromatic carbocycles. The first-order valence-electron chi connectivity index (χ1n) is 5.26. The molecule has 1 aliphatic heterocycles. The van der Waals surface area contributed by atoms with Crippen LogP contribution in [-0.2, 0) is 7.05 Å². The SMILES string of the molecule is CN1CCN(C(=O)c2ccn(C)c2)CC1. The fourth-order valence-corrected chi connectivity index (χ4v) is 1.82. The summed E-state index contributed by atoms with van der Waals surface area (Å²) in [5, 5.41) is 0. The Kier molecular flexibility index (Phi) is 2.77. The van der Waals surface area contributed by atoms with Crippen LogP contribution in [0.1, 0.15) is 10.4 Å². The maximum atomic E-state index is 12.0. The number of likely N-dealkylation sites (N-methyl/N-ethyl adjacent to an activating group) is 1. The second-order valence-electron chi connectivity index (χ2n) is 4.16. The number of nitrogens with zero attached hydrogens (tertiary/aromatic N) is 3. The van der Waals surface area contributed by atoms with E-state index in [2.05, 4.69) is 11.9 Å². The van der Waals surface area contributed by atoms with Gasteiger partial charge in [-0.15, -0.1) is 0 Å². The lowest BCUT2D eigenvalue weighted by Gasteiger charge is -2.32. The molecular formula is C11H17N3O. The van der Waals surface area contributed by atoms with Crippen LogP contribution in [0, 0.1) is 0 Å². The smallest absolute Gasteiger partial charge is 0.255 e. The summed E-state index contributed by atoms with van der Waals surface area (Å²) in [6.07, 6.45) is 3.78.